The first kappa shape index (κ1) is 14.2. The van der Waals surface area contributed by atoms with Gasteiger partial charge in [-0.1, -0.05) is 13.8 Å². The molecule has 106 valence electrons. The number of aryl methyl sites for hydroxylation is 1. The summed E-state index contributed by atoms with van der Waals surface area (Å²) in [5.74, 6) is 0.182. The molecule has 0 radical (unpaired) electrons. The van der Waals surface area contributed by atoms with E-state index in [1.807, 2.05) is 0 Å². The van der Waals surface area contributed by atoms with Crippen LogP contribution in [0.2, 0.25) is 0 Å². The molecule has 2 heterocycles. The van der Waals surface area contributed by atoms with Gasteiger partial charge in [-0.3, -0.25) is 0 Å². The Morgan fingerprint density at radius 1 is 1.42 bits per heavy atom. The van der Waals surface area contributed by atoms with Crippen LogP contribution in [0.3, 0.4) is 0 Å². The van der Waals surface area contributed by atoms with Crippen LogP contribution in [0.5, 0.6) is 0 Å². The molecule has 1 atom stereocenters. The Labute approximate surface area is 114 Å². The minimum atomic E-state index is -0.279. The molecule has 5 heteroatoms. The monoisotopic (exact) mass is 266 g/mol. The van der Waals surface area contributed by atoms with Crippen LogP contribution in [0.1, 0.15) is 38.8 Å². The number of rotatable bonds is 4. The average Bonchev–Trinajstić information content (AvgIpc) is 2.40. The smallest absolute Gasteiger partial charge is 0.186 e. The van der Waals surface area contributed by atoms with E-state index in [9.17, 15) is 4.39 Å². The highest BCUT2D eigenvalue weighted by Crippen LogP contribution is 2.25. The average molecular weight is 266 g/mol. The quantitative estimate of drug-likeness (QED) is 0.907. The van der Waals surface area contributed by atoms with Crippen LogP contribution in [-0.2, 0) is 0 Å². The molecular formula is C14H23FN4. The predicted molar refractivity (Wildman–Crippen MR) is 74.9 cm³/mol. The summed E-state index contributed by atoms with van der Waals surface area (Å²) in [6.07, 6.45) is 4.84. The third-order valence-corrected chi connectivity index (χ3v) is 3.61. The van der Waals surface area contributed by atoms with Crippen molar-refractivity contribution in [1.82, 2.24) is 15.3 Å². The zero-order chi connectivity index (χ0) is 13.8. The molecule has 0 aliphatic carbocycles. The van der Waals surface area contributed by atoms with Crippen molar-refractivity contribution in [3.05, 3.63) is 17.8 Å². The van der Waals surface area contributed by atoms with E-state index in [1.54, 1.807) is 6.92 Å². The molecule has 4 nitrogen and oxygen atoms in total. The van der Waals surface area contributed by atoms with Crippen molar-refractivity contribution in [2.75, 3.05) is 18.0 Å². The fourth-order valence-corrected chi connectivity index (χ4v) is 2.51. The van der Waals surface area contributed by atoms with E-state index in [1.165, 1.54) is 12.7 Å². The summed E-state index contributed by atoms with van der Waals surface area (Å²) in [6.45, 7) is 7.69. The first-order valence-corrected chi connectivity index (χ1v) is 7.06. The van der Waals surface area contributed by atoms with Crippen molar-refractivity contribution in [1.29, 1.82) is 0 Å². The van der Waals surface area contributed by atoms with E-state index in [0.717, 1.165) is 25.9 Å². The lowest BCUT2D eigenvalue weighted by Gasteiger charge is -2.37. The lowest BCUT2D eigenvalue weighted by Crippen LogP contribution is -2.47. The van der Waals surface area contributed by atoms with Gasteiger partial charge >= 0.3 is 0 Å². The molecule has 1 saturated heterocycles. The molecule has 0 aromatic carbocycles. The van der Waals surface area contributed by atoms with Gasteiger partial charge in [-0.15, -0.1) is 0 Å². The molecule has 1 N–H and O–H groups in total. The van der Waals surface area contributed by atoms with Crippen LogP contribution in [0.25, 0.3) is 0 Å². The Bertz CT molecular complexity index is 422. The summed E-state index contributed by atoms with van der Waals surface area (Å²) in [5.41, 5.74) is 0.422. The van der Waals surface area contributed by atoms with Crippen LogP contribution in [-0.4, -0.2) is 35.1 Å². The summed E-state index contributed by atoms with van der Waals surface area (Å²) in [5, 5.41) is 3.44. The number of piperidine rings is 1. The van der Waals surface area contributed by atoms with Crippen molar-refractivity contribution in [3.63, 3.8) is 0 Å². The van der Waals surface area contributed by atoms with Crippen molar-refractivity contribution >= 4 is 5.82 Å². The minimum absolute atomic E-state index is 0.279. The lowest BCUT2D eigenvalue weighted by atomic mass is 10.0. The predicted octanol–water partition coefficient (Wildman–Crippen LogP) is 2.28. The van der Waals surface area contributed by atoms with Crippen molar-refractivity contribution in [2.24, 2.45) is 0 Å². The highest BCUT2D eigenvalue weighted by molar-refractivity contribution is 5.42. The van der Waals surface area contributed by atoms with Gasteiger partial charge in [0.25, 0.3) is 0 Å². The first-order chi connectivity index (χ1) is 9.09. The van der Waals surface area contributed by atoms with E-state index in [2.05, 4.69) is 34.0 Å². The molecule has 1 aromatic rings. The summed E-state index contributed by atoms with van der Waals surface area (Å²) < 4.78 is 14.2. The summed E-state index contributed by atoms with van der Waals surface area (Å²) in [7, 11) is 0. The van der Waals surface area contributed by atoms with E-state index in [4.69, 9.17) is 0 Å². The Balaban J connectivity index is 2.16. The van der Waals surface area contributed by atoms with Crippen LogP contribution in [0.4, 0.5) is 10.2 Å². The Morgan fingerprint density at radius 3 is 2.95 bits per heavy atom. The molecule has 1 aliphatic rings. The molecule has 1 unspecified atom stereocenters. The number of hydrogen-bond donors (Lipinski definition) is 1. The largest absolute Gasteiger partial charge is 0.350 e. The maximum Gasteiger partial charge on any atom is 0.186 e. The van der Waals surface area contributed by atoms with Gasteiger partial charge in [0.1, 0.15) is 6.33 Å². The molecule has 1 aromatic heterocycles. The fourth-order valence-electron chi connectivity index (χ4n) is 2.51. The van der Waals surface area contributed by atoms with Crippen LogP contribution in [0.15, 0.2) is 6.33 Å². The topological polar surface area (TPSA) is 41.1 Å². The molecule has 2 rings (SSSR count). The van der Waals surface area contributed by atoms with E-state index >= 15 is 0 Å². The molecule has 0 saturated carbocycles. The number of halogens is 1. The van der Waals surface area contributed by atoms with E-state index < -0.39 is 0 Å². The number of hydrogen-bond acceptors (Lipinski definition) is 4. The molecule has 0 amide bonds. The number of anilines is 1. The zero-order valence-electron chi connectivity index (χ0n) is 12.0. The summed E-state index contributed by atoms with van der Waals surface area (Å²) in [4.78, 5) is 10.2. The van der Waals surface area contributed by atoms with Gasteiger partial charge in [0.15, 0.2) is 11.6 Å². The van der Waals surface area contributed by atoms with Gasteiger partial charge < -0.3 is 10.2 Å². The maximum atomic E-state index is 14.2. The summed E-state index contributed by atoms with van der Waals surface area (Å²) >= 11 is 0. The van der Waals surface area contributed by atoms with Crippen molar-refractivity contribution in [2.45, 2.75) is 52.1 Å². The van der Waals surface area contributed by atoms with Crippen LogP contribution >= 0.6 is 0 Å². The van der Waals surface area contributed by atoms with Gasteiger partial charge in [-0.05, 0) is 26.2 Å². The molecule has 0 bridgehead atoms. The summed E-state index contributed by atoms with van der Waals surface area (Å²) in [6, 6.07) is 0.765. The fraction of sp³-hybridized carbons (Fsp3) is 0.714. The molecule has 19 heavy (non-hydrogen) atoms. The molecule has 1 fully saturated rings. The Morgan fingerprint density at radius 2 is 2.21 bits per heavy atom. The zero-order valence-corrected chi connectivity index (χ0v) is 12.0. The lowest BCUT2D eigenvalue weighted by molar-refractivity contribution is 0.412. The molecule has 0 spiro atoms. The number of aromatic nitrogens is 2. The van der Waals surface area contributed by atoms with Crippen molar-refractivity contribution < 1.29 is 4.39 Å². The minimum Gasteiger partial charge on any atom is -0.350 e. The van der Waals surface area contributed by atoms with Gasteiger partial charge in [0.2, 0.25) is 0 Å². The number of nitrogens with one attached hydrogen (secondary N) is 1. The molecule has 1 aliphatic heterocycles. The van der Waals surface area contributed by atoms with Gasteiger partial charge in [0.05, 0.1) is 5.69 Å². The van der Waals surface area contributed by atoms with Crippen molar-refractivity contribution in [3.8, 4) is 0 Å². The second kappa shape index (κ2) is 6.28. The SMILES string of the molecule is Cc1ncnc(N2CCCCC2CNC(C)C)c1F. The first-order valence-electron chi connectivity index (χ1n) is 7.06. The molecular weight excluding hydrogens is 243 g/mol. The van der Waals surface area contributed by atoms with Crippen LogP contribution in [0, 0.1) is 12.7 Å². The third kappa shape index (κ3) is 3.41. The Hall–Kier alpha value is -1.23. The van der Waals surface area contributed by atoms with Gasteiger partial charge in [-0.25, -0.2) is 14.4 Å². The van der Waals surface area contributed by atoms with E-state index in [-0.39, 0.29) is 5.82 Å². The number of nitrogens with zero attached hydrogens (tertiary/aromatic N) is 3. The second-order valence-electron chi connectivity index (χ2n) is 5.50. The Kier molecular flexibility index (Phi) is 4.69. The van der Waals surface area contributed by atoms with Gasteiger partial charge in [-0.2, -0.15) is 0 Å². The second-order valence-corrected chi connectivity index (χ2v) is 5.50. The van der Waals surface area contributed by atoms with Gasteiger partial charge in [0, 0.05) is 25.2 Å². The maximum absolute atomic E-state index is 14.2. The highest BCUT2D eigenvalue weighted by atomic mass is 19.1. The standard InChI is InChI=1S/C14H23FN4/c1-10(2)16-8-12-6-4-5-7-19(12)14-13(15)11(3)17-9-18-14/h9-10,12,16H,4-8H2,1-3H3. The van der Waals surface area contributed by atoms with Crippen LogP contribution < -0.4 is 10.2 Å². The van der Waals surface area contributed by atoms with E-state index in [0.29, 0.717) is 23.6 Å². The highest BCUT2D eigenvalue weighted by Gasteiger charge is 2.26. The normalized spacial score (nSPS) is 20.1. The third-order valence-electron chi connectivity index (χ3n) is 3.61.